The van der Waals surface area contributed by atoms with E-state index in [4.69, 9.17) is 20.8 Å². The maximum Gasteiger partial charge on any atom is 0.180 e. The van der Waals surface area contributed by atoms with Gasteiger partial charge in [0.05, 0.1) is 17.3 Å². The van der Waals surface area contributed by atoms with E-state index in [0.717, 1.165) is 0 Å². The van der Waals surface area contributed by atoms with E-state index in [1.54, 1.807) is 13.0 Å². The van der Waals surface area contributed by atoms with E-state index in [0.29, 0.717) is 5.56 Å². The number of hydrogen-bond donors (Lipinski definition) is 2. The molecule has 0 aromatic heterocycles. The molecule has 4 nitrogen and oxygen atoms in total. The molecule has 0 atom stereocenters. The SMILES string of the molecule is CC.CC.[B]C([B])(O)c1ccc(C)cc1S(=O)(=O)CCO. The van der Waals surface area contributed by atoms with Crippen molar-refractivity contribution in [2.75, 3.05) is 12.4 Å². The van der Waals surface area contributed by atoms with Gasteiger partial charge >= 0.3 is 0 Å². The van der Waals surface area contributed by atoms with Crippen LogP contribution >= 0.6 is 0 Å². The van der Waals surface area contributed by atoms with Gasteiger partial charge in [-0.05, 0) is 24.1 Å². The Morgan fingerprint density at radius 1 is 1.14 bits per heavy atom. The molecule has 0 aliphatic heterocycles. The smallest absolute Gasteiger partial charge is 0.180 e. The van der Waals surface area contributed by atoms with Crippen LogP contribution in [0.25, 0.3) is 0 Å². The lowest BCUT2D eigenvalue weighted by Crippen LogP contribution is -2.29. The minimum absolute atomic E-state index is 0.0865. The normalized spacial score (nSPS) is 10.8. The molecule has 0 spiro atoms. The van der Waals surface area contributed by atoms with E-state index < -0.39 is 27.6 Å². The van der Waals surface area contributed by atoms with Gasteiger partial charge in [-0.25, -0.2) is 8.42 Å². The van der Waals surface area contributed by atoms with E-state index >= 15 is 0 Å². The minimum Gasteiger partial charge on any atom is -0.405 e. The Bertz CT molecular complexity index is 508. The quantitative estimate of drug-likeness (QED) is 0.821. The molecule has 0 saturated carbocycles. The fourth-order valence-electron chi connectivity index (χ4n) is 1.45. The molecule has 21 heavy (non-hydrogen) atoms. The van der Waals surface area contributed by atoms with Crippen molar-refractivity contribution in [1.29, 1.82) is 0 Å². The molecule has 0 fully saturated rings. The molecule has 7 heteroatoms. The van der Waals surface area contributed by atoms with Crippen molar-refractivity contribution in [3.63, 3.8) is 0 Å². The van der Waals surface area contributed by atoms with Crippen LogP contribution in [0, 0.1) is 6.92 Å². The topological polar surface area (TPSA) is 74.6 Å². The summed E-state index contributed by atoms with van der Waals surface area (Å²) in [5.74, 6) is -0.445. The lowest BCUT2D eigenvalue weighted by Gasteiger charge is -2.23. The predicted octanol–water partition coefficient (Wildman–Crippen LogP) is 1.25. The molecular formula is C14H24B2O4S. The Morgan fingerprint density at radius 3 is 2.00 bits per heavy atom. The van der Waals surface area contributed by atoms with Gasteiger partial charge in [0.2, 0.25) is 0 Å². The maximum absolute atomic E-state index is 11.9. The highest BCUT2D eigenvalue weighted by Gasteiger charge is 2.25. The van der Waals surface area contributed by atoms with Crippen molar-refractivity contribution in [1.82, 2.24) is 0 Å². The zero-order valence-electron chi connectivity index (χ0n) is 13.4. The summed E-state index contributed by atoms with van der Waals surface area (Å²) in [5.41, 5.74) is 0.603. The number of rotatable bonds is 4. The fourth-order valence-corrected chi connectivity index (χ4v) is 2.84. The number of aryl methyl sites for hydroxylation is 1. The Balaban J connectivity index is 0. The van der Waals surface area contributed by atoms with E-state index in [1.807, 2.05) is 27.7 Å². The molecule has 0 aliphatic carbocycles. The highest BCUT2D eigenvalue weighted by atomic mass is 32.2. The Hall–Kier alpha value is -0.780. The first-order chi connectivity index (χ1) is 9.68. The van der Waals surface area contributed by atoms with Crippen LogP contribution in [-0.2, 0) is 15.2 Å². The zero-order valence-corrected chi connectivity index (χ0v) is 14.2. The van der Waals surface area contributed by atoms with Gasteiger partial charge in [-0.2, -0.15) is 0 Å². The van der Waals surface area contributed by atoms with Crippen molar-refractivity contribution >= 4 is 25.5 Å². The van der Waals surface area contributed by atoms with E-state index in [1.165, 1.54) is 12.1 Å². The average molecular weight is 310 g/mol. The Labute approximate surface area is 131 Å². The second-order valence-corrected chi connectivity index (χ2v) is 5.95. The summed E-state index contributed by atoms with van der Waals surface area (Å²) in [6.45, 7) is 9.19. The minimum atomic E-state index is -3.72. The molecule has 0 unspecified atom stereocenters. The predicted molar refractivity (Wildman–Crippen MR) is 88.4 cm³/mol. The van der Waals surface area contributed by atoms with Crippen LogP contribution in [0.5, 0.6) is 0 Å². The van der Waals surface area contributed by atoms with Crippen LogP contribution in [0.3, 0.4) is 0 Å². The number of benzene rings is 1. The third-order valence-electron chi connectivity index (χ3n) is 2.26. The summed E-state index contributed by atoms with van der Waals surface area (Å²) in [5, 5.41) is 16.0. The average Bonchev–Trinajstić information content (AvgIpc) is 2.42. The molecule has 0 saturated heterocycles. The van der Waals surface area contributed by atoms with Crippen molar-refractivity contribution in [3.8, 4) is 0 Å². The molecular weight excluding hydrogens is 286 g/mol. The lowest BCUT2D eigenvalue weighted by molar-refractivity contribution is 0.213. The maximum atomic E-state index is 11.9. The molecule has 4 radical (unpaired) electrons. The van der Waals surface area contributed by atoms with E-state index in [9.17, 15) is 13.5 Å². The van der Waals surface area contributed by atoms with Crippen LogP contribution in [0.15, 0.2) is 23.1 Å². The summed E-state index contributed by atoms with van der Waals surface area (Å²) in [6, 6.07) is 4.32. The highest BCUT2D eigenvalue weighted by molar-refractivity contribution is 7.91. The summed E-state index contributed by atoms with van der Waals surface area (Å²) in [4.78, 5) is -0.154. The van der Waals surface area contributed by atoms with Crippen molar-refractivity contribution in [3.05, 3.63) is 29.3 Å². The molecule has 0 bridgehead atoms. The van der Waals surface area contributed by atoms with E-state index in [-0.39, 0.29) is 10.5 Å². The molecule has 1 rings (SSSR count). The van der Waals surface area contributed by atoms with Gasteiger partial charge in [-0.15, -0.1) is 0 Å². The standard InChI is InChI=1S/C10H12B2O4S.2C2H6/c1-7-2-3-8(10(11,12)14)9(6-7)17(15,16)5-4-13;2*1-2/h2-3,6,13-14H,4-5H2,1H3;2*1-2H3. The first-order valence-corrected chi connectivity index (χ1v) is 8.58. The number of aliphatic hydroxyl groups is 2. The van der Waals surface area contributed by atoms with Crippen LogP contribution < -0.4 is 0 Å². The fraction of sp³-hybridized carbons (Fsp3) is 0.571. The van der Waals surface area contributed by atoms with Gasteiger partial charge in [0.15, 0.2) is 9.84 Å². The first-order valence-electron chi connectivity index (χ1n) is 6.93. The van der Waals surface area contributed by atoms with Crippen molar-refractivity contribution < 1.29 is 18.6 Å². The van der Waals surface area contributed by atoms with Gasteiger partial charge in [-0.1, -0.05) is 39.8 Å². The molecule has 2 N–H and O–H groups in total. The monoisotopic (exact) mass is 310 g/mol. The second-order valence-electron chi connectivity index (χ2n) is 3.87. The number of aliphatic hydroxyl groups excluding tert-OH is 1. The number of sulfone groups is 1. The molecule has 0 heterocycles. The third kappa shape index (κ3) is 7.16. The summed E-state index contributed by atoms with van der Waals surface area (Å²) < 4.78 is 23.7. The first kappa shape index (κ1) is 22.5. The third-order valence-corrected chi connectivity index (χ3v) is 3.99. The van der Waals surface area contributed by atoms with Crippen LogP contribution in [0.4, 0.5) is 0 Å². The van der Waals surface area contributed by atoms with Gasteiger partial charge in [0.25, 0.3) is 0 Å². The van der Waals surface area contributed by atoms with E-state index in [2.05, 4.69) is 0 Å². The Kier molecular flexibility index (Phi) is 10.7. The van der Waals surface area contributed by atoms with Gasteiger partial charge in [-0.3, -0.25) is 0 Å². The molecule has 0 amide bonds. The molecule has 1 aromatic carbocycles. The second kappa shape index (κ2) is 10.0. The van der Waals surface area contributed by atoms with Gasteiger partial charge < -0.3 is 10.2 Å². The van der Waals surface area contributed by atoms with Crippen LogP contribution in [0.2, 0.25) is 0 Å². The molecule has 1 aromatic rings. The highest BCUT2D eigenvalue weighted by Crippen LogP contribution is 2.25. The van der Waals surface area contributed by atoms with Crippen LogP contribution in [0.1, 0.15) is 38.8 Å². The number of hydrogen-bond acceptors (Lipinski definition) is 4. The summed E-state index contributed by atoms with van der Waals surface area (Å²) >= 11 is 0. The zero-order chi connectivity index (χ0) is 17.3. The lowest BCUT2D eigenvalue weighted by atomic mass is 9.61. The summed E-state index contributed by atoms with van der Waals surface area (Å²) in [7, 11) is 6.90. The van der Waals surface area contributed by atoms with Gasteiger partial charge in [0.1, 0.15) is 15.7 Å². The largest absolute Gasteiger partial charge is 0.405 e. The molecule has 116 valence electrons. The Morgan fingerprint density at radius 2 is 1.62 bits per heavy atom. The molecule has 0 aliphatic rings. The van der Waals surface area contributed by atoms with Crippen molar-refractivity contribution in [2.45, 2.75) is 44.9 Å². The van der Waals surface area contributed by atoms with Crippen LogP contribution in [-0.4, -0.2) is 46.7 Å². The summed E-state index contributed by atoms with van der Waals surface area (Å²) in [6.07, 6.45) is 0. The van der Waals surface area contributed by atoms with Crippen molar-refractivity contribution in [2.24, 2.45) is 0 Å². The van der Waals surface area contributed by atoms with Gasteiger partial charge in [0, 0.05) is 5.40 Å².